The minimum Gasteiger partial charge on any atom is -0.335 e. The first kappa shape index (κ1) is 21.7. The summed E-state index contributed by atoms with van der Waals surface area (Å²) in [5.41, 5.74) is -2.23. The number of anilines is 1. The zero-order valence-electron chi connectivity index (χ0n) is 14.3. The SMILES string of the molecule is CN(CC(=O)Nc1ccccc1C(F)(F)F)C(=O)Cn1ncc(Cl)c(Cl)c1=O. The van der Waals surface area contributed by atoms with Gasteiger partial charge in [0.25, 0.3) is 5.56 Å². The summed E-state index contributed by atoms with van der Waals surface area (Å²) in [6.07, 6.45) is -3.56. The highest BCUT2D eigenvalue weighted by Gasteiger charge is 2.33. The summed E-state index contributed by atoms with van der Waals surface area (Å²) in [5.74, 6) is -1.53. The number of carbonyl (C=O) groups excluding carboxylic acids is 2. The largest absolute Gasteiger partial charge is 0.418 e. The van der Waals surface area contributed by atoms with Crippen LogP contribution in [0.2, 0.25) is 10.0 Å². The lowest BCUT2D eigenvalue weighted by atomic mass is 10.1. The number of halogens is 5. The highest BCUT2D eigenvalue weighted by molar-refractivity contribution is 6.41. The molecule has 12 heteroatoms. The van der Waals surface area contributed by atoms with Crippen LogP contribution in [0.25, 0.3) is 0 Å². The molecule has 0 aliphatic heterocycles. The second-order valence-electron chi connectivity index (χ2n) is 5.61. The van der Waals surface area contributed by atoms with Crippen LogP contribution in [0, 0.1) is 0 Å². The molecule has 1 aromatic heterocycles. The number of hydrogen-bond donors (Lipinski definition) is 1. The first-order chi connectivity index (χ1) is 13.0. The molecule has 0 bridgehead atoms. The maximum atomic E-state index is 13.0. The quantitative estimate of drug-likeness (QED) is 0.780. The van der Waals surface area contributed by atoms with E-state index in [1.165, 1.54) is 19.2 Å². The Morgan fingerprint density at radius 1 is 1.25 bits per heavy atom. The van der Waals surface area contributed by atoms with Crippen LogP contribution in [0.3, 0.4) is 0 Å². The molecule has 1 N–H and O–H groups in total. The smallest absolute Gasteiger partial charge is 0.335 e. The normalized spacial score (nSPS) is 11.2. The van der Waals surface area contributed by atoms with Crippen LogP contribution in [0.1, 0.15) is 5.56 Å². The van der Waals surface area contributed by atoms with Gasteiger partial charge in [0, 0.05) is 7.05 Å². The predicted octanol–water partition coefficient (Wildman–Crippen LogP) is 2.67. The molecule has 150 valence electrons. The molecule has 1 heterocycles. The van der Waals surface area contributed by atoms with Gasteiger partial charge in [-0.15, -0.1) is 0 Å². The lowest BCUT2D eigenvalue weighted by Crippen LogP contribution is -2.39. The zero-order chi connectivity index (χ0) is 21.1. The summed E-state index contributed by atoms with van der Waals surface area (Å²) < 4.78 is 39.6. The number of nitrogens with one attached hydrogen (secondary N) is 1. The molecule has 2 aromatic rings. The maximum Gasteiger partial charge on any atom is 0.418 e. The van der Waals surface area contributed by atoms with Crippen molar-refractivity contribution in [2.24, 2.45) is 0 Å². The molecule has 0 spiro atoms. The van der Waals surface area contributed by atoms with E-state index in [9.17, 15) is 27.6 Å². The molecule has 2 amide bonds. The molecule has 0 saturated heterocycles. The summed E-state index contributed by atoms with van der Waals surface area (Å²) in [4.78, 5) is 37.0. The van der Waals surface area contributed by atoms with E-state index in [2.05, 4.69) is 10.4 Å². The Kier molecular flexibility index (Phi) is 6.68. The van der Waals surface area contributed by atoms with Gasteiger partial charge < -0.3 is 10.2 Å². The fourth-order valence-electron chi connectivity index (χ4n) is 2.14. The predicted molar refractivity (Wildman–Crippen MR) is 96.2 cm³/mol. The summed E-state index contributed by atoms with van der Waals surface area (Å²) in [6, 6.07) is 4.45. The van der Waals surface area contributed by atoms with E-state index in [0.717, 1.165) is 27.9 Å². The summed E-state index contributed by atoms with van der Waals surface area (Å²) in [5, 5.41) is 5.39. The first-order valence-corrected chi connectivity index (χ1v) is 8.37. The van der Waals surface area contributed by atoms with Gasteiger partial charge in [-0.05, 0) is 12.1 Å². The maximum absolute atomic E-state index is 13.0. The van der Waals surface area contributed by atoms with E-state index < -0.39 is 47.9 Å². The third-order valence-electron chi connectivity index (χ3n) is 3.54. The number of rotatable bonds is 5. The van der Waals surface area contributed by atoms with Crippen molar-refractivity contribution >= 4 is 40.7 Å². The molecule has 28 heavy (non-hydrogen) atoms. The van der Waals surface area contributed by atoms with Crippen molar-refractivity contribution in [3.8, 4) is 0 Å². The van der Waals surface area contributed by atoms with Gasteiger partial charge in [0.2, 0.25) is 11.8 Å². The number of likely N-dealkylation sites (N-methyl/N-ethyl adjacent to an activating group) is 1. The molecule has 0 atom stereocenters. The lowest BCUT2D eigenvalue weighted by molar-refractivity contribution is -0.137. The number of amides is 2. The average molecular weight is 437 g/mol. The third kappa shape index (κ3) is 5.23. The number of para-hydroxylation sites is 1. The molecule has 0 radical (unpaired) electrons. The second kappa shape index (κ2) is 8.61. The van der Waals surface area contributed by atoms with Crippen molar-refractivity contribution in [1.82, 2.24) is 14.7 Å². The molecular weight excluding hydrogens is 424 g/mol. The summed E-state index contributed by atoms with van der Waals surface area (Å²) in [6.45, 7) is -1.07. The fraction of sp³-hybridized carbons (Fsp3) is 0.250. The number of aromatic nitrogens is 2. The van der Waals surface area contributed by atoms with E-state index in [1.807, 2.05) is 0 Å². The van der Waals surface area contributed by atoms with Crippen LogP contribution in [-0.2, 0) is 22.3 Å². The molecule has 0 saturated carbocycles. The summed E-state index contributed by atoms with van der Waals surface area (Å²) >= 11 is 11.3. The van der Waals surface area contributed by atoms with Gasteiger partial charge in [-0.3, -0.25) is 14.4 Å². The number of alkyl halides is 3. The highest BCUT2D eigenvalue weighted by Crippen LogP contribution is 2.34. The van der Waals surface area contributed by atoms with Crippen molar-refractivity contribution in [2.75, 3.05) is 18.9 Å². The molecule has 7 nitrogen and oxygen atoms in total. The Hall–Kier alpha value is -2.59. The van der Waals surface area contributed by atoms with Crippen LogP contribution in [0.4, 0.5) is 18.9 Å². The number of nitrogens with zero attached hydrogens (tertiary/aromatic N) is 3. The fourth-order valence-corrected chi connectivity index (χ4v) is 2.41. The minimum absolute atomic E-state index is 0.0774. The molecule has 1 aromatic carbocycles. The van der Waals surface area contributed by atoms with Gasteiger partial charge >= 0.3 is 6.18 Å². The van der Waals surface area contributed by atoms with Crippen LogP contribution >= 0.6 is 23.2 Å². The van der Waals surface area contributed by atoms with E-state index in [4.69, 9.17) is 23.2 Å². The van der Waals surface area contributed by atoms with Gasteiger partial charge in [-0.1, -0.05) is 35.3 Å². The van der Waals surface area contributed by atoms with Gasteiger partial charge in [0.05, 0.1) is 29.0 Å². The van der Waals surface area contributed by atoms with Crippen molar-refractivity contribution < 1.29 is 22.8 Å². The molecule has 0 aliphatic rings. The van der Waals surface area contributed by atoms with Crippen LogP contribution < -0.4 is 10.9 Å². The zero-order valence-corrected chi connectivity index (χ0v) is 15.8. The van der Waals surface area contributed by atoms with Gasteiger partial charge in [0.1, 0.15) is 11.6 Å². The monoisotopic (exact) mass is 436 g/mol. The summed E-state index contributed by atoms with van der Waals surface area (Å²) in [7, 11) is 1.25. The van der Waals surface area contributed by atoms with Crippen LogP contribution in [-0.4, -0.2) is 40.1 Å². The Bertz CT molecular complexity index is 963. The van der Waals surface area contributed by atoms with Crippen LogP contribution in [0.15, 0.2) is 35.3 Å². The van der Waals surface area contributed by atoms with E-state index in [1.54, 1.807) is 0 Å². The Balaban J connectivity index is 2.04. The lowest BCUT2D eigenvalue weighted by Gasteiger charge is -2.18. The van der Waals surface area contributed by atoms with Crippen molar-refractivity contribution in [3.63, 3.8) is 0 Å². The van der Waals surface area contributed by atoms with E-state index >= 15 is 0 Å². The first-order valence-electron chi connectivity index (χ1n) is 7.62. The van der Waals surface area contributed by atoms with E-state index in [-0.39, 0.29) is 10.0 Å². The molecule has 0 fully saturated rings. The Morgan fingerprint density at radius 2 is 1.89 bits per heavy atom. The van der Waals surface area contributed by atoms with Gasteiger partial charge in [-0.25, -0.2) is 4.68 Å². The molecule has 0 unspecified atom stereocenters. The minimum atomic E-state index is -4.65. The molecular formula is C16H13Cl2F3N4O3. The Morgan fingerprint density at radius 3 is 2.54 bits per heavy atom. The van der Waals surface area contributed by atoms with Crippen molar-refractivity contribution in [2.45, 2.75) is 12.7 Å². The average Bonchev–Trinajstić information content (AvgIpc) is 2.61. The van der Waals surface area contributed by atoms with E-state index in [0.29, 0.717) is 0 Å². The van der Waals surface area contributed by atoms with Crippen molar-refractivity contribution in [1.29, 1.82) is 0 Å². The molecule has 0 aliphatic carbocycles. The third-order valence-corrected chi connectivity index (χ3v) is 4.29. The Labute approximate surface area is 166 Å². The van der Waals surface area contributed by atoms with Crippen LogP contribution in [0.5, 0.6) is 0 Å². The highest BCUT2D eigenvalue weighted by atomic mass is 35.5. The number of hydrogen-bond acceptors (Lipinski definition) is 4. The molecule has 2 rings (SSSR count). The number of benzene rings is 1. The topological polar surface area (TPSA) is 84.3 Å². The van der Waals surface area contributed by atoms with Gasteiger partial charge in [0.15, 0.2) is 0 Å². The second-order valence-corrected chi connectivity index (χ2v) is 6.40. The standard InChI is InChI=1S/C16H13Cl2F3N4O3/c1-24(13(27)8-25-15(28)14(18)10(17)6-22-25)7-12(26)23-11-5-3-2-4-9(11)16(19,20)21/h2-6H,7-8H2,1H3,(H,23,26). The number of carbonyl (C=O) groups is 2. The van der Waals surface area contributed by atoms with Crippen molar-refractivity contribution in [3.05, 3.63) is 56.4 Å². The van der Waals surface area contributed by atoms with Gasteiger partial charge in [-0.2, -0.15) is 18.3 Å².